The van der Waals surface area contributed by atoms with Crippen molar-refractivity contribution in [3.05, 3.63) is 24.4 Å². The number of carbonyl (C=O) groups excluding carboxylic acids is 1. The van der Waals surface area contributed by atoms with Gasteiger partial charge in [-0.3, -0.25) is 4.79 Å². The van der Waals surface area contributed by atoms with Gasteiger partial charge in [0, 0.05) is 25.1 Å². The van der Waals surface area contributed by atoms with E-state index in [1.54, 1.807) is 19.2 Å². The minimum atomic E-state index is -3.97. The highest BCUT2D eigenvalue weighted by Gasteiger charge is 2.19. The van der Waals surface area contributed by atoms with Gasteiger partial charge < -0.3 is 8.92 Å². The lowest BCUT2D eigenvalue weighted by molar-refractivity contribution is -0.108. The second kappa shape index (κ2) is 14.8. The summed E-state index contributed by atoms with van der Waals surface area (Å²) in [5.74, 6) is -0.105. The Hall–Kier alpha value is -1.12. The van der Waals surface area contributed by atoms with Crippen molar-refractivity contribution >= 4 is 27.0 Å². The summed E-state index contributed by atoms with van der Waals surface area (Å²) in [6.07, 6.45) is 11.9. The van der Waals surface area contributed by atoms with E-state index in [-0.39, 0.29) is 12.0 Å². The average Bonchev–Trinajstić information content (AvgIpc) is 2.66. The first-order valence-corrected chi connectivity index (χ1v) is 12.5. The molecule has 0 spiro atoms. The number of rotatable bonds is 16. The number of carbonyl (C=O) groups is 1. The molecule has 1 atom stereocenters. The Bertz CT molecular complexity index is 637. The molecule has 28 heavy (non-hydrogen) atoms. The molecule has 0 saturated heterocycles. The Kier molecular flexibility index (Phi) is 13.2. The van der Waals surface area contributed by atoms with Crippen LogP contribution in [-0.2, 0) is 19.6 Å². The topological polar surface area (TPSA) is 82.6 Å². The number of nitrogens with zero attached hydrogens (tertiary/aromatic N) is 1. The van der Waals surface area contributed by atoms with Crippen LogP contribution in [0.5, 0.6) is 5.88 Å². The number of ether oxygens (including phenoxy) is 1. The van der Waals surface area contributed by atoms with Crippen molar-refractivity contribution in [2.24, 2.45) is 0 Å². The fourth-order valence-corrected chi connectivity index (χ4v) is 4.78. The van der Waals surface area contributed by atoms with E-state index in [2.05, 4.69) is 11.9 Å². The van der Waals surface area contributed by atoms with Crippen LogP contribution in [0.1, 0.15) is 64.7 Å². The molecule has 1 aromatic heterocycles. The number of hydrogen-bond donors (Lipinski definition) is 0. The number of hydrogen-bond acceptors (Lipinski definition) is 7. The van der Waals surface area contributed by atoms with Crippen LogP contribution >= 0.6 is 11.8 Å². The first kappa shape index (κ1) is 24.9. The molecule has 6 nitrogen and oxygen atoms in total. The Morgan fingerprint density at radius 1 is 1.11 bits per heavy atom. The lowest BCUT2D eigenvalue weighted by atomic mass is 10.0. The molecule has 1 unspecified atom stereocenters. The second-order valence-electron chi connectivity index (χ2n) is 6.73. The maximum atomic E-state index is 11.9. The molecule has 0 bridgehead atoms. The molecule has 0 saturated carbocycles. The molecule has 0 aliphatic rings. The average molecular weight is 432 g/mol. The maximum Gasteiger partial charge on any atom is 0.318 e. The summed E-state index contributed by atoms with van der Waals surface area (Å²) in [5.41, 5.74) is 0. The van der Waals surface area contributed by atoms with E-state index >= 15 is 0 Å². The quantitative estimate of drug-likeness (QED) is 0.279. The van der Waals surface area contributed by atoms with E-state index in [0.717, 1.165) is 37.4 Å². The highest BCUT2D eigenvalue weighted by molar-refractivity contribution is 8.14. The molecule has 1 aromatic rings. The summed E-state index contributed by atoms with van der Waals surface area (Å²) in [5, 5.41) is -0.416. The molecule has 1 heterocycles. The van der Waals surface area contributed by atoms with Crippen LogP contribution in [0.15, 0.2) is 24.4 Å². The summed E-state index contributed by atoms with van der Waals surface area (Å²) in [4.78, 5) is 15.7. The van der Waals surface area contributed by atoms with Gasteiger partial charge >= 0.3 is 10.1 Å². The van der Waals surface area contributed by atoms with Crippen LogP contribution in [0.3, 0.4) is 0 Å². The first-order chi connectivity index (χ1) is 13.5. The maximum absolute atomic E-state index is 11.9. The molecular weight excluding hydrogens is 398 g/mol. The van der Waals surface area contributed by atoms with Crippen molar-refractivity contribution in [1.29, 1.82) is 0 Å². The van der Waals surface area contributed by atoms with Crippen molar-refractivity contribution in [2.75, 3.05) is 18.6 Å². The van der Waals surface area contributed by atoms with Crippen molar-refractivity contribution in [3.8, 4) is 5.88 Å². The van der Waals surface area contributed by atoms with E-state index in [4.69, 9.17) is 8.92 Å². The standard InChI is InChI=1S/C20H33NO5S2/c1-3-4-5-6-7-8-12-18(25-2)13-11-16-27-20(22)17-28(23,24)26-19-14-9-10-15-21-19/h9-10,14-15,18H,3-8,11-13,16-17H2,1-2H3. The predicted molar refractivity (Wildman–Crippen MR) is 114 cm³/mol. The molecule has 0 aliphatic carbocycles. The summed E-state index contributed by atoms with van der Waals surface area (Å²) >= 11 is 1.03. The van der Waals surface area contributed by atoms with Crippen LogP contribution in [0, 0.1) is 0 Å². The third-order valence-electron chi connectivity index (χ3n) is 4.29. The number of methoxy groups -OCH3 is 1. The second-order valence-corrected chi connectivity index (χ2v) is 9.45. The number of thioether (sulfide) groups is 1. The molecule has 0 aliphatic heterocycles. The number of unbranched alkanes of at least 4 members (excludes halogenated alkanes) is 5. The van der Waals surface area contributed by atoms with E-state index in [9.17, 15) is 13.2 Å². The molecule has 8 heteroatoms. The smallest absolute Gasteiger partial charge is 0.318 e. The molecule has 0 aromatic carbocycles. The van der Waals surface area contributed by atoms with Gasteiger partial charge in [-0.05, 0) is 25.3 Å². The van der Waals surface area contributed by atoms with E-state index in [1.807, 2.05) is 0 Å². The fourth-order valence-electron chi connectivity index (χ4n) is 2.77. The SMILES string of the molecule is CCCCCCCCC(CCCSC(=O)CS(=O)(=O)Oc1ccccn1)OC. The molecule has 0 N–H and O–H groups in total. The van der Waals surface area contributed by atoms with Gasteiger partial charge in [0.25, 0.3) is 0 Å². The molecule has 0 amide bonds. The molecule has 0 fully saturated rings. The monoisotopic (exact) mass is 431 g/mol. The summed E-state index contributed by atoms with van der Waals surface area (Å²) in [6, 6.07) is 4.70. The first-order valence-electron chi connectivity index (χ1n) is 9.98. The third-order valence-corrected chi connectivity index (χ3v) is 6.47. The van der Waals surface area contributed by atoms with Crippen LogP contribution in [0.4, 0.5) is 0 Å². The molecule has 160 valence electrons. The van der Waals surface area contributed by atoms with E-state index in [1.165, 1.54) is 44.4 Å². The summed E-state index contributed by atoms with van der Waals surface area (Å²) in [6.45, 7) is 2.21. The highest BCUT2D eigenvalue weighted by Crippen LogP contribution is 2.16. The van der Waals surface area contributed by atoms with Gasteiger partial charge in [-0.2, -0.15) is 8.42 Å². The van der Waals surface area contributed by atoms with Gasteiger partial charge in [0.15, 0.2) is 5.75 Å². The minimum Gasteiger partial charge on any atom is -0.381 e. The Labute approximate surface area is 173 Å². The van der Waals surface area contributed by atoms with Gasteiger partial charge in [-0.15, -0.1) is 0 Å². The van der Waals surface area contributed by atoms with E-state index < -0.39 is 21.0 Å². The molecule has 0 radical (unpaired) electrons. The van der Waals surface area contributed by atoms with Gasteiger partial charge in [-0.25, -0.2) is 4.98 Å². The molecular formula is C20H33NO5S2. The van der Waals surface area contributed by atoms with Gasteiger partial charge in [0.1, 0.15) is 0 Å². The van der Waals surface area contributed by atoms with Crippen LogP contribution < -0.4 is 4.18 Å². The van der Waals surface area contributed by atoms with Crippen molar-refractivity contribution in [1.82, 2.24) is 4.98 Å². The highest BCUT2D eigenvalue weighted by atomic mass is 32.2. The lowest BCUT2D eigenvalue weighted by Gasteiger charge is -2.14. The van der Waals surface area contributed by atoms with Crippen molar-refractivity contribution in [2.45, 2.75) is 70.8 Å². The number of pyridine rings is 1. The Morgan fingerprint density at radius 2 is 1.82 bits per heavy atom. The summed E-state index contributed by atoms with van der Waals surface area (Å²) < 4.78 is 34.1. The normalized spacial score (nSPS) is 12.6. The van der Waals surface area contributed by atoms with Crippen molar-refractivity contribution < 1.29 is 22.1 Å². The lowest BCUT2D eigenvalue weighted by Crippen LogP contribution is -2.19. The third kappa shape index (κ3) is 12.4. The molecule has 1 rings (SSSR count). The largest absolute Gasteiger partial charge is 0.381 e. The zero-order chi connectivity index (χ0) is 20.7. The Balaban J connectivity index is 2.17. The minimum absolute atomic E-state index is 0.0297. The fraction of sp³-hybridized carbons (Fsp3) is 0.700. The summed E-state index contributed by atoms with van der Waals surface area (Å²) in [7, 11) is -2.25. The van der Waals surface area contributed by atoms with E-state index in [0.29, 0.717) is 5.75 Å². The predicted octanol–water partition coefficient (Wildman–Crippen LogP) is 4.60. The van der Waals surface area contributed by atoms with Crippen LogP contribution in [0.25, 0.3) is 0 Å². The Morgan fingerprint density at radius 3 is 2.50 bits per heavy atom. The van der Waals surface area contributed by atoms with Crippen LogP contribution in [-0.4, -0.2) is 43.2 Å². The van der Waals surface area contributed by atoms with Gasteiger partial charge in [-0.1, -0.05) is 63.3 Å². The van der Waals surface area contributed by atoms with Crippen molar-refractivity contribution in [3.63, 3.8) is 0 Å². The zero-order valence-corrected chi connectivity index (χ0v) is 18.6. The van der Waals surface area contributed by atoms with Crippen LogP contribution in [0.2, 0.25) is 0 Å². The van der Waals surface area contributed by atoms with Gasteiger partial charge in [0.2, 0.25) is 11.0 Å². The zero-order valence-electron chi connectivity index (χ0n) is 17.0. The number of aromatic nitrogens is 1. The van der Waals surface area contributed by atoms with Gasteiger partial charge in [0.05, 0.1) is 6.10 Å².